The third kappa shape index (κ3) is 45.0. The van der Waals surface area contributed by atoms with Crippen molar-refractivity contribution in [1.82, 2.24) is 5.32 Å². The highest BCUT2D eigenvalue weighted by Crippen LogP contribution is 2.26. The van der Waals surface area contributed by atoms with Gasteiger partial charge in [0.05, 0.1) is 25.4 Å². The van der Waals surface area contributed by atoms with Crippen LogP contribution in [0.5, 0.6) is 0 Å². The smallest absolute Gasteiger partial charge is 0.306 e. The van der Waals surface area contributed by atoms with Crippen LogP contribution in [0.2, 0.25) is 0 Å². The first kappa shape index (κ1) is 75.9. The van der Waals surface area contributed by atoms with E-state index in [2.05, 4.69) is 99.0 Å². The van der Waals surface area contributed by atoms with Gasteiger partial charge < -0.3 is 45.1 Å². The van der Waals surface area contributed by atoms with Gasteiger partial charge in [0, 0.05) is 6.42 Å². The van der Waals surface area contributed by atoms with Crippen LogP contribution in [0.15, 0.2) is 85.1 Å². The first-order chi connectivity index (χ1) is 39.7. The topological polar surface area (TPSA) is 175 Å². The number of aliphatic hydroxyl groups excluding tert-OH is 5. The lowest BCUT2D eigenvalue weighted by Crippen LogP contribution is -2.61. The van der Waals surface area contributed by atoms with Crippen molar-refractivity contribution >= 4 is 11.9 Å². The summed E-state index contributed by atoms with van der Waals surface area (Å²) >= 11 is 0. The van der Waals surface area contributed by atoms with Crippen LogP contribution in [0.1, 0.15) is 284 Å². The van der Waals surface area contributed by atoms with Crippen LogP contribution in [-0.2, 0) is 23.8 Å². The van der Waals surface area contributed by atoms with Crippen LogP contribution in [-0.4, -0.2) is 99.6 Å². The first-order valence-corrected chi connectivity index (χ1v) is 33.4. The van der Waals surface area contributed by atoms with Crippen LogP contribution in [0.4, 0.5) is 0 Å². The molecular weight excluding hydrogens is 1010 g/mol. The lowest BCUT2D eigenvalue weighted by Gasteiger charge is -2.41. The van der Waals surface area contributed by atoms with Gasteiger partial charge in [-0.2, -0.15) is 0 Å². The SMILES string of the molecule is CC/C=C\C/C=C\C/C=C\C/C=C\C/C=C\C/C=C\CCCCCCCCCCC(=O)OC1C(OCC(NC(=O)C(O)CCCCCCCCCCCCCCCC)C(O)/C=C/CCCCCCCCCCC)OC(CO)C(O)C1O. The zero-order valence-corrected chi connectivity index (χ0v) is 51.9. The Bertz CT molecular complexity index is 1640. The quantitative estimate of drug-likeness (QED) is 0.0195. The Balaban J connectivity index is 2.57. The molecular formula is C70H123NO10. The zero-order valence-electron chi connectivity index (χ0n) is 51.9. The molecule has 1 fully saturated rings. The van der Waals surface area contributed by atoms with Crippen LogP contribution >= 0.6 is 0 Å². The van der Waals surface area contributed by atoms with Crippen molar-refractivity contribution in [3.63, 3.8) is 0 Å². The second-order valence-corrected chi connectivity index (χ2v) is 22.8. The fraction of sp³-hybridized carbons (Fsp3) is 0.771. The summed E-state index contributed by atoms with van der Waals surface area (Å²) in [5, 5.41) is 57.0. The molecule has 0 bridgehead atoms. The van der Waals surface area contributed by atoms with Crippen molar-refractivity contribution < 1.29 is 49.3 Å². The van der Waals surface area contributed by atoms with Crippen molar-refractivity contribution in [1.29, 1.82) is 0 Å². The van der Waals surface area contributed by atoms with Crippen molar-refractivity contribution in [2.24, 2.45) is 0 Å². The number of hydrogen-bond acceptors (Lipinski definition) is 10. The van der Waals surface area contributed by atoms with Gasteiger partial charge in [-0.25, -0.2) is 0 Å². The molecule has 0 aliphatic carbocycles. The Morgan fingerprint density at radius 1 is 0.494 bits per heavy atom. The molecule has 1 saturated heterocycles. The fourth-order valence-corrected chi connectivity index (χ4v) is 10.1. The number of unbranched alkanes of at least 4 members (excludes halogenated alkanes) is 30. The molecule has 1 amide bonds. The second-order valence-electron chi connectivity index (χ2n) is 22.8. The summed E-state index contributed by atoms with van der Waals surface area (Å²) in [6.07, 6.45) is 64.8. The Hall–Kier alpha value is -3.16. The Labute approximate surface area is 495 Å². The summed E-state index contributed by atoms with van der Waals surface area (Å²) in [7, 11) is 0. The molecule has 0 aromatic heterocycles. The number of hydrogen-bond donors (Lipinski definition) is 6. The third-order valence-electron chi connectivity index (χ3n) is 15.3. The predicted octanol–water partition coefficient (Wildman–Crippen LogP) is 16.5. The lowest BCUT2D eigenvalue weighted by atomic mass is 9.99. The first-order valence-electron chi connectivity index (χ1n) is 33.4. The van der Waals surface area contributed by atoms with Gasteiger partial charge in [-0.1, -0.05) is 286 Å². The number of carbonyl (C=O) groups is 2. The highest BCUT2D eigenvalue weighted by molar-refractivity contribution is 5.80. The molecule has 1 aliphatic heterocycles. The number of ether oxygens (including phenoxy) is 3. The summed E-state index contributed by atoms with van der Waals surface area (Å²) < 4.78 is 17.6. The molecule has 1 aliphatic rings. The van der Waals surface area contributed by atoms with E-state index in [1.54, 1.807) is 6.08 Å². The number of esters is 1. The summed E-state index contributed by atoms with van der Waals surface area (Å²) in [5.41, 5.74) is 0. The molecule has 8 atom stereocenters. The zero-order chi connectivity index (χ0) is 58.9. The van der Waals surface area contributed by atoms with Gasteiger partial charge in [-0.15, -0.1) is 0 Å². The number of rotatable bonds is 56. The van der Waals surface area contributed by atoms with Crippen molar-refractivity contribution in [3.8, 4) is 0 Å². The third-order valence-corrected chi connectivity index (χ3v) is 15.3. The van der Waals surface area contributed by atoms with Gasteiger partial charge in [-0.05, 0) is 77.0 Å². The molecule has 0 aromatic rings. The van der Waals surface area contributed by atoms with Crippen LogP contribution in [0.3, 0.4) is 0 Å². The average Bonchev–Trinajstić information content (AvgIpc) is 3.49. The van der Waals surface area contributed by atoms with Crippen molar-refractivity contribution in [2.45, 2.75) is 333 Å². The molecule has 11 nitrogen and oxygen atoms in total. The van der Waals surface area contributed by atoms with E-state index in [1.165, 1.54) is 128 Å². The van der Waals surface area contributed by atoms with Crippen LogP contribution < -0.4 is 5.32 Å². The number of amides is 1. The average molecular weight is 1140 g/mol. The maximum absolute atomic E-state index is 13.4. The molecule has 0 aromatic carbocycles. The normalized spacial score (nSPS) is 19.2. The predicted molar refractivity (Wildman–Crippen MR) is 338 cm³/mol. The summed E-state index contributed by atoms with van der Waals surface area (Å²) in [6.45, 7) is 5.68. The van der Waals surface area contributed by atoms with E-state index in [9.17, 15) is 35.1 Å². The molecule has 1 heterocycles. The van der Waals surface area contributed by atoms with Crippen molar-refractivity contribution in [3.05, 3.63) is 85.1 Å². The highest BCUT2D eigenvalue weighted by Gasteiger charge is 2.47. The largest absolute Gasteiger partial charge is 0.454 e. The standard InChI is InChI=1S/C70H123NO10/c1-4-7-10-13-16-19-22-24-26-27-28-29-30-31-32-33-34-35-36-37-38-40-43-46-49-52-55-58-65(75)81-68-67(77)66(76)64(59-72)80-70(68)79-60-61(62(73)56-53-50-47-44-41-21-18-15-12-9-6-3)71-69(78)63(74)57-54-51-48-45-42-39-25-23-20-17-14-11-8-5-2/h7,10,16,19,24,26,28-29,31-32,34-35,53,56,61-64,66-68,70,72-74,76-77H,4-6,8-9,11-15,17-18,20-23,25,27,30,33,36-52,54-55,57-60H2,1-3H3,(H,71,78)/b10-7-,19-16-,26-24-,29-28-,32-31-,35-34-,56-53+. The fourth-order valence-electron chi connectivity index (χ4n) is 10.1. The summed E-state index contributed by atoms with van der Waals surface area (Å²) in [6, 6.07) is -1.03. The van der Waals surface area contributed by atoms with Gasteiger partial charge in [0.25, 0.3) is 0 Å². The molecule has 11 heteroatoms. The van der Waals surface area contributed by atoms with E-state index in [4.69, 9.17) is 14.2 Å². The van der Waals surface area contributed by atoms with Crippen LogP contribution in [0.25, 0.3) is 0 Å². The van der Waals surface area contributed by atoms with E-state index in [0.29, 0.717) is 19.3 Å². The van der Waals surface area contributed by atoms with Gasteiger partial charge in [0.2, 0.25) is 5.91 Å². The Morgan fingerprint density at radius 3 is 1.33 bits per heavy atom. The number of allylic oxidation sites excluding steroid dienone is 13. The minimum absolute atomic E-state index is 0.111. The van der Waals surface area contributed by atoms with Gasteiger partial charge >= 0.3 is 5.97 Å². The molecule has 81 heavy (non-hydrogen) atoms. The van der Waals surface area contributed by atoms with E-state index in [1.807, 2.05) is 6.08 Å². The maximum Gasteiger partial charge on any atom is 0.306 e. The molecule has 1 rings (SSSR count). The van der Waals surface area contributed by atoms with Gasteiger partial charge in [0.15, 0.2) is 12.4 Å². The monoisotopic (exact) mass is 1140 g/mol. The molecule has 8 unspecified atom stereocenters. The number of aliphatic hydroxyl groups is 5. The lowest BCUT2D eigenvalue weighted by molar-refractivity contribution is -0.305. The second kappa shape index (κ2) is 57.3. The summed E-state index contributed by atoms with van der Waals surface area (Å²) in [5.74, 6) is -1.20. The van der Waals surface area contributed by atoms with E-state index in [0.717, 1.165) is 109 Å². The van der Waals surface area contributed by atoms with E-state index in [-0.39, 0.29) is 13.0 Å². The molecule has 0 saturated carbocycles. The maximum atomic E-state index is 13.4. The molecule has 0 spiro atoms. The van der Waals surface area contributed by atoms with Crippen molar-refractivity contribution in [2.75, 3.05) is 13.2 Å². The highest BCUT2D eigenvalue weighted by atomic mass is 16.7. The minimum Gasteiger partial charge on any atom is -0.454 e. The number of carbonyl (C=O) groups excluding carboxylic acids is 2. The summed E-state index contributed by atoms with van der Waals surface area (Å²) in [4.78, 5) is 26.6. The molecule has 0 radical (unpaired) electrons. The molecule has 468 valence electrons. The van der Waals surface area contributed by atoms with Gasteiger partial charge in [-0.3, -0.25) is 9.59 Å². The molecule has 6 N–H and O–H groups in total. The van der Waals surface area contributed by atoms with E-state index < -0.39 is 67.4 Å². The number of nitrogens with one attached hydrogen (secondary N) is 1. The van der Waals surface area contributed by atoms with E-state index >= 15 is 0 Å². The Kier molecular flexibility index (Phi) is 53.6. The van der Waals surface area contributed by atoms with Crippen LogP contribution in [0, 0.1) is 0 Å². The Morgan fingerprint density at radius 2 is 0.889 bits per heavy atom. The van der Waals surface area contributed by atoms with Gasteiger partial charge in [0.1, 0.15) is 24.4 Å². The minimum atomic E-state index is -1.62.